The first-order valence-electron chi connectivity index (χ1n) is 17.4. The van der Waals surface area contributed by atoms with Crippen LogP contribution in [-0.2, 0) is 53.6 Å². The number of phenolic OH excluding ortho intramolecular Hbond substituents is 1. The molecule has 0 aliphatic rings. The number of phenols is 1. The Bertz CT molecular complexity index is 1170. The van der Waals surface area contributed by atoms with Gasteiger partial charge in [-0.3, -0.25) is 9.59 Å². The summed E-state index contributed by atoms with van der Waals surface area (Å²) < 4.78 is 11.6. The predicted octanol–water partition coefficient (Wildman–Crippen LogP) is 10.4. The van der Waals surface area contributed by atoms with Gasteiger partial charge in [-0.1, -0.05) is 127 Å². The third kappa shape index (κ3) is 11.5. The van der Waals surface area contributed by atoms with Crippen molar-refractivity contribution in [2.45, 2.75) is 176 Å². The number of unbranched alkanes of at least 4 members (excludes halogenated alkanes) is 2. The Balaban J connectivity index is 2.17. The Kier molecular flexibility index (Phi) is 13.2. The van der Waals surface area contributed by atoms with Gasteiger partial charge >= 0.3 is 11.9 Å². The van der Waals surface area contributed by atoms with Crippen molar-refractivity contribution in [1.29, 1.82) is 0 Å². The molecule has 0 bridgehead atoms. The first-order valence-corrected chi connectivity index (χ1v) is 17.4. The van der Waals surface area contributed by atoms with Crippen molar-refractivity contribution in [3.05, 3.63) is 63.2 Å². The summed E-state index contributed by atoms with van der Waals surface area (Å²) in [4.78, 5) is 26.2. The lowest BCUT2D eigenvalue weighted by molar-refractivity contribution is -0.189. The van der Waals surface area contributed by atoms with Crippen molar-refractivity contribution < 1.29 is 24.2 Å². The maximum atomic E-state index is 13.1. The first-order chi connectivity index (χ1) is 20.9. The van der Waals surface area contributed by atoms with Gasteiger partial charge in [0.1, 0.15) is 5.75 Å². The van der Waals surface area contributed by atoms with E-state index in [9.17, 15) is 14.7 Å². The number of ether oxygens (including phenoxy) is 2. The third-order valence-corrected chi connectivity index (χ3v) is 8.67. The van der Waals surface area contributed by atoms with Crippen LogP contribution in [0.4, 0.5) is 0 Å². The van der Waals surface area contributed by atoms with Gasteiger partial charge < -0.3 is 14.6 Å². The molecule has 0 fully saturated rings. The molecule has 1 atom stereocenters. The zero-order chi connectivity index (χ0) is 35.3. The lowest BCUT2D eigenvalue weighted by atomic mass is 9.75. The van der Waals surface area contributed by atoms with Gasteiger partial charge in [-0.2, -0.15) is 0 Å². The van der Waals surface area contributed by atoms with E-state index in [1.165, 1.54) is 16.7 Å². The topological polar surface area (TPSA) is 72.8 Å². The second-order valence-corrected chi connectivity index (χ2v) is 17.3. The van der Waals surface area contributed by atoms with E-state index in [4.69, 9.17) is 9.47 Å². The zero-order valence-electron chi connectivity index (χ0n) is 31.6. The summed E-state index contributed by atoms with van der Waals surface area (Å²) in [5.41, 5.74) is 7.22. The minimum absolute atomic E-state index is 0.0120. The molecular weight excluding hydrogens is 572 g/mol. The van der Waals surface area contributed by atoms with Crippen molar-refractivity contribution in [1.82, 2.24) is 0 Å². The van der Waals surface area contributed by atoms with Crippen LogP contribution in [0.25, 0.3) is 0 Å². The minimum Gasteiger partial charge on any atom is -0.507 e. The van der Waals surface area contributed by atoms with E-state index in [-0.39, 0.29) is 46.4 Å². The second kappa shape index (κ2) is 15.4. The smallest absolute Gasteiger partial charge is 0.309 e. The molecule has 1 N–H and O–H groups in total. The van der Waals surface area contributed by atoms with Gasteiger partial charge in [0.05, 0.1) is 0 Å². The van der Waals surface area contributed by atoms with Crippen LogP contribution in [-0.4, -0.2) is 23.3 Å². The third-order valence-electron chi connectivity index (χ3n) is 8.67. The highest BCUT2D eigenvalue weighted by Crippen LogP contribution is 2.40. The van der Waals surface area contributed by atoms with Gasteiger partial charge in [-0.05, 0) is 86.8 Å². The fraction of sp³-hybridized carbons (Fsp3) is 0.659. The maximum absolute atomic E-state index is 13.1. The van der Waals surface area contributed by atoms with E-state index in [2.05, 4.69) is 109 Å². The van der Waals surface area contributed by atoms with Gasteiger partial charge in [0, 0.05) is 19.3 Å². The highest BCUT2D eigenvalue weighted by Gasteiger charge is 2.28. The van der Waals surface area contributed by atoms with E-state index in [0.717, 1.165) is 41.5 Å². The number of rotatable bonds is 12. The van der Waals surface area contributed by atoms with E-state index >= 15 is 0 Å². The molecule has 0 aliphatic carbocycles. The number of hydrogen-bond donors (Lipinski definition) is 1. The normalized spacial score (nSPS) is 13.4. The molecule has 0 amide bonds. The number of carbonyl (C=O) groups excluding carboxylic acids is 2. The van der Waals surface area contributed by atoms with Crippen molar-refractivity contribution in [3.8, 4) is 5.75 Å². The van der Waals surface area contributed by atoms with Crippen LogP contribution in [0, 0.1) is 6.92 Å². The Labute approximate surface area is 280 Å². The number of aryl methyl sites for hydroxylation is 2. The number of hydrogen-bond acceptors (Lipinski definition) is 5. The average molecular weight is 637 g/mol. The quantitative estimate of drug-likeness (QED) is 0.143. The lowest BCUT2D eigenvalue weighted by Crippen LogP contribution is -2.25. The molecule has 0 heterocycles. The number of aromatic hydroxyl groups is 1. The van der Waals surface area contributed by atoms with Crippen LogP contribution >= 0.6 is 0 Å². The molecule has 0 saturated carbocycles. The predicted molar refractivity (Wildman–Crippen MR) is 191 cm³/mol. The van der Waals surface area contributed by atoms with Gasteiger partial charge in [0.15, 0.2) is 0 Å². The largest absolute Gasteiger partial charge is 0.507 e. The molecule has 0 aromatic heterocycles. The van der Waals surface area contributed by atoms with Gasteiger partial charge in [0.25, 0.3) is 0 Å². The highest BCUT2D eigenvalue weighted by molar-refractivity contribution is 5.72. The average Bonchev–Trinajstić information content (AvgIpc) is 2.89. The molecule has 1 unspecified atom stereocenters. The van der Waals surface area contributed by atoms with Gasteiger partial charge in [-0.15, -0.1) is 0 Å². The van der Waals surface area contributed by atoms with E-state index in [1.807, 2.05) is 12.1 Å². The summed E-state index contributed by atoms with van der Waals surface area (Å²) in [5.74, 6) is -0.419. The molecule has 258 valence electrons. The summed E-state index contributed by atoms with van der Waals surface area (Å²) in [6, 6.07) is 8.46. The van der Waals surface area contributed by atoms with Crippen molar-refractivity contribution in [2.24, 2.45) is 0 Å². The summed E-state index contributed by atoms with van der Waals surface area (Å²) in [6.07, 6.45) is 3.81. The molecule has 2 rings (SSSR count). The molecule has 0 spiro atoms. The van der Waals surface area contributed by atoms with Crippen molar-refractivity contribution >= 4 is 11.9 Å². The van der Waals surface area contributed by atoms with Crippen LogP contribution in [0.1, 0.15) is 167 Å². The summed E-state index contributed by atoms with van der Waals surface area (Å²) in [5, 5.41) is 11.1. The fourth-order valence-electron chi connectivity index (χ4n) is 6.07. The number of benzene rings is 2. The molecule has 5 heteroatoms. The zero-order valence-corrected chi connectivity index (χ0v) is 31.6. The Morgan fingerprint density at radius 2 is 0.978 bits per heavy atom. The monoisotopic (exact) mass is 636 g/mol. The van der Waals surface area contributed by atoms with Crippen molar-refractivity contribution in [2.75, 3.05) is 0 Å². The summed E-state index contributed by atoms with van der Waals surface area (Å²) >= 11 is 0. The SMILES string of the molecule is CCCCCC(OC(=O)CCc1cc(C(C)(C)C)c(C)c(C(C)(C)C)c1)OC(=O)CCc1cc(C(C)(C)C)c(O)c(C(C)(C)C)c1. The van der Waals surface area contributed by atoms with Crippen LogP contribution < -0.4 is 0 Å². The standard InChI is InChI=1S/C41H64O5/c1-15-16-17-18-36(45-34(42)21-19-28-23-30(38(3,4)5)27(2)31(24-28)39(6,7)8)46-35(43)22-20-29-25-32(40(9,10)11)37(44)33(26-29)41(12,13)14/h23-26,36,44H,15-22H2,1-14H3. The Hall–Kier alpha value is -2.82. The molecular formula is C41H64O5. The molecule has 0 radical (unpaired) electrons. The molecule has 46 heavy (non-hydrogen) atoms. The van der Waals surface area contributed by atoms with Crippen LogP contribution in [0.15, 0.2) is 24.3 Å². The minimum atomic E-state index is -0.894. The fourth-order valence-corrected chi connectivity index (χ4v) is 6.07. The lowest BCUT2D eigenvalue weighted by Gasteiger charge is -2.30. The second-order valence-electron chi connectivity index (χ2n) is 17.3. The molecule has 2 aromatic carbocycles. The van der Waals surface area contributed by atoms with E-state index in [1.54, 1.807) is 0 Å². The van der Waals surface area contributed by atoms with Crippen LogP contribution in [0.3, 0.4) is 0 Å². The molecule has 0 saturated heterocycles. The summed E-state index contributed by atoms with van der Waals surface area (Å²) in [6.45, 7) is 30.1. The van der Waals surface area contributed by atoms with E-state index < -0.39 is 6.29 Å². The molecule has 2 aromatic rings. The number of esters is 2. The van der Waals surface area contributed by atoms with Gasteiger partial charge in [-0.25, -0.2) is 0 Å². The van der Waals surface area contributed by atoms with Crippen molar-refractivity contribution in [3.63, 3.8) is 0 Å². The Morgan fingerprint density at radius 3 is 1.30 bits per heavy atom. The summed E-state index contributed by atoms with van der Waals surface area (Å²) in [7, 11) is 0. The maximum Gasteiger partial charge on any atom is 0.309 e. The molecule has 0 aliphatic heterocycles. The Morgan fingerprint density at radius 1 is 0.630 bits per heavy atom. The van der Waals surface area contributed by atoms with E-state index in [0.29, 0.717) is 25.0 Å². The highest BCUT2D eigenvalue weighted by atomic mass is 16.7. The van der Waals surface area contributed by atoms with Crippen LogP contribution in [0.2, 0.25) is 0 Å². The number of carbonyl (C=O) groups is 2. The molecule has 5 nitrogen and oxygen atoms in total. The van der Waals surface area contributed by atoms with Crippen LogP contribution in [0.5, 0.6) is 5.75 Å². The van der Waals surface area contributed by atoms with Gasteiger partial charge in [0.2, 0.25) is 6.29 Å². The first kappa shape index (κ1) is 39.4.